The molecular weight excluding hydrogens is 335 g/mol. The van der Waals surface area contributed by atoms with Crippen LogP contribution < -0.4 is 24.8 Å². The second kappa shape index (κ2) is 11.8. The van der Waals surface area contributed by atoms with Crippen LogP contribution in [0.4, 0.5) is 0 Å². The maximum absolute atomic E-state index is 2.41. The van der Waals surface area contributed by atoms with Gasteiger partial charge in [0.05, 0.1) is 0 Å². The first-order valence-electron chi connectivity index (χ1n) is 7.89. The van der Waals surface area contributed by atoms with E-state index in [-0.39, 0.29) is 44.0 Å². The zero-order valence-corrected chi connectivity index (χ0v) is 16.3. The van der Waals surface area contributed by atoms with E-state index in [2.05, 4.69) is 38.2 Å². The zero-order valence-electron chi connectivity index (χ0n) is 13.2. The van der Waals surface area contributed by atoms with Crippen molar-refractivity contribution in [3.05, 3.63) is 43.2 Å². The topological polar surface area (TPSA) is 0 Å². The summed E-state index contributed by atoms with van der Waals surface area (Å²) in [6.45, 7) is 4.59. The molecule has 0 aliphatic heterocycles. The second-order valence-electron chi connectivity index (χ2n) is 5.55. The van der Waals surface area contributed by atoms with Gasteiger partial charge in [-0.05, 0) is 0 Å². The Hall–Kier alpha value is 0.254. The summed E-state index contributed by atoms with van der Waals surface area (Å²) >= 11 is -0.0137. The summed E-state index contributed by atoms with van der Waals surface area (Å²) in [6.07, 6.45) is 20.1. The maximum atomic E-state index is 2.41. The predicted molar refractivity (Wildman–Crippen MR) is 80.6 cm³/mol. The Balaban J connectivity index is 0.00000200. The fourth-order valence-corrected chi connectivity index (χ4v) is 5.16. The number of halogens is 2. The Morgan fingerprint density at radius 3 is 1.62 bits per heavy atom. The molecule has 0 N–H and O–H groups in total. The van der Waals surface area contributed by atoms with Crippen molar-refractivity contribution in [2.75, 3.05) is 0 Å². The van der Waals surface area contributed by atoms with Crippen LogP contribution in [0, 0.1) is 0 Å². The third-order valence-electron chi connectivity index (χ3n) is 3.96. The van der Waals surface area contributed by atoms with Crippen molar-refractivity contribution < 1.29 is 44.0 Å². The quantitative estimate of drug-likeness (QED) is 0.530. The van der Waals surface area contributed by atoms with Crippen molar-refractivity contribution in [3.63, 3.8) is 0 Å². The maximum Gasteiger partial charge on any atom is -1.00 e. The zero-order chi connectivity index (χ0) is 13.5. The summed E-state index contributed by atoms with van der Waals surface area (Å²) in [4.78, 5) is 0. The Morgan fingerprint density at radius 1 is 0.810 bits per heavy atom. The molecular formula is C18H26Cl2Ti. The first-order valence-corrected chi connectivity index (χ1v) is 9.45. The molecule has 0 unspecified atom stereocenters. The molecule has 0 atom stereocenters. The summed E-state index contributed by atoms with van der Waals surface area (Å²) in [7, 11) is 0. The fraction of sp³-hybridized carbons (Fsp3) is 0.556. The molecule has 21 heavy (non-hydrogen) atoms. The summed E-state index contributed by atoms with van der Waals surface area (Å²) in [5, 5.41) is 0. The third kappa shape index (κ3) is 6.49. The number of rotatable bonds is 8. The average Bonchev–Trinajstić information content (AvgIpc) is 3.04. The molecule has 0 spiro atoms. The Bertz CT molecular complexity index is 390. The van der Waals surface area contributed by atoms with Crippen molar-refractivity contribution in [3.8, 4) is 0 Å². The molecule has 3 heteroatoms. The van der Waals surface area contributed by atoms with Gasteiger partial charge in [0.2, 0.25) is 0 Å². The van der Waals surface area contributed by atoms with Crippen LogP contribution in [-0.4, -0.2) is 0 Å². The molecule has 0 aromatic heterocycles. The predicted octanol–water partition coefficient (Wildman–Crippen LogP) is -0.115. The van der Waals surface area contributed by atoms with Gasteiger partial charge in [-0.1, -0.05) is 0 Å². The van der Waals surface area contributed by atoms with Gasteiger partial charge in [-0.15, -0.1) is 0 Å². The molecule has 2 aliphatic carbocycles. The molecule has 2 aliphatic rings. The molecule has 0 radical (unpaired) electrons. The van der Waals surface area contributed by atoms with Gasteiger partial charge in [0.15, 0.2) is 0 Å². The van der Waals surface area contributed by atoms with E-state index in [4.69, 9.17) is 0 Å². The van der Waals surface area contributed by atoms with Crippen molar-refractivity contribution in [1.29, 1.82) is 0 Å². The number of unbranched alkanes of at least 4 members (excludes halogenated alkanes) is 2. The molecule has 0 aromatic carbocycles. The number of hydrogen-bond donors (Lipinski definition) is 0. The van der Waals surface area contributed by atoms with Gasteiger partial charge in [0, 0.05) is 0 Å². The van der Waals surface area contributed by atoms with Crippen LogP contribution in [0.5, 0.6) is 0 Å². The van der Waals surface area contributed by atoms with Gasteiger partial charge in [-0.3, -0.25) is 0 Å². The molecule has 0 bridgehead atoms. The SMILES string of the molecule is CCCCC1=[C]([Ti+2][C]2=C(CCCC)C=CC2)CC=C1.[Cl-].[Cl-]. The van der Waals surface area contributed by atoms with E-state index in [9.17, 15) is 0 Å². The number of allylic oxidation sites excluding steroid dienone is 8. The first kappa shape index (κ1) is 21.3. The Kier molecular flexibility index (Phi) is 11.9. The summed E-state index contributed by atoms with van der Waals surface area (Å²) in [6, 6.07) is 0. The van der Waals surface area contributed by atoms with Crippen LogP contribution in [0.1, 0.15) is 65.2 Å². The van der Waals surface area contributed by atoms with Crippen molar-refractivity contribution in [2.45, 2.75) is 65.2 Å². The molecule has 0 amide bonds. The van der Waals surface area contributed by atoms with E-state index in [0.29, 0.717) is 0 Å². The summed E-state index contributed by atoms with van der Waals surface area (Å²) < 4.78 is 3.64. The smallest absolute Gasteiger partial charge is 1.00 e. The van der Waals surface area contributed by atoms with Gasteiger partial charge in [-0.25, -0.2) is 0 Å². The third-order valence-corrected chi connectivity index (χ3v) is 6.54. The molecule has 0 saturated carbocycles. The van der Waals surface area contributed by atoms with Gasteiger partial charge in [-0.2, -0.15) is 0 Å². The molecule has 0 nitrogen and oxygen atoms in total. The largest absolute Gasteiger partial charge is 1.00 e. The van der Waals surface area contributed by atoms with E-state index in [1.54, 1.807) is 11.1 Å². The van der Waals surface area contributed by atoms with E-state index in [0.717, 1.165) is 0 Å². The van der Waals surface area contributed by atoms with Crippen LogP contribution in [0.15, 0.2) is 43.2 Å². The van der Waals surface area contributed by atoms with E-state index in [1.165, 1.54) is 51.4 Å². The minimum absolute atomic E-state index is 0. The van der Waals surface area contributed by atoms with Crippen molar-refractivity contribution >= 4 is 0 Å². The molecule has 0 fully saturated rings. The van der Waals surface area contributed by atoms with Crippen LogP contribution in [0.2, 0.25) is 0 Å². The van der Waals surface area contributed by atoms with E-state index in [1.807, 2.05) is 7.76 Å². The minimum atomic E-state index is -0.0137. The standard InChI is InChI=1S/2C9H13.2ClH.Ti/c2*1-2-3-6-9-7-4-5-8-9;;;/h2*4,7H,2-3,5-6H2,1H3;2*1H;/q;;;;+2/p-2. The van der Waals surface area contributed by atoms with Crippen molar-refractivity contribution in [2.24, 2.45) is 0 Å². The van der Waals surface area contributed by atoms with Gasteiger partial charge < -0.3 is 24.8 Å². The Labute approximate surface area is 152 Å². The van der Waals surface area contributed by atoms with Crippen LogP contribution >= 0.6 is 0 Å². The van der Waals surface area contributed by atoms with Crippen molar-refractivity contribution in [1.82, 2.24) is 0 Å². The average molecular weight is 361 g/mol. The first-order chi connectivity index (χ1) is 9.35. The summed E-state index contributed by atoms with van der Waals surface area (Å²) in [5.74, 6) is 0. The van der Waals surface area contributed by atoms with Gasteiger partial charge in [0.1, 0.15) is 0 Å². The fourth-order valence-electron chi connectivity index (χ4n) is 2.75. The number of hydrogen-bond acceptors (Lipinski definition) is 0. The van der Waals surface area contributed by atoms with Gasteiger partial charge in [0.25, 0.3) is 0 Å². The molecule has 0 saturated heterocycles. The minimum Gasteiger partial charge on any atom is -1.00 e. The molecule has 0 heterocycles. The van der Waals surface area contributed by atoms with Crippen LogP contribution in [0.3, 0.4) is 0 Å². The van der Waals surface area contributed by atoms with Crippen LogP contribution in [0.25, 0.3) is 0 Å². The molecule has 2 rings (SSSR count). The monoisotopic (exact) mass is 360 g/mol. The van der Waals surface area contributed by atoms with E-state index < -0.39 is 0 Å². The molecule has 116 valence electrons. The normalized spacial score (nSPS) is 16.1. The molecule has 0 aromatic rings. The second-order valence-corrected chi connectivity index (χ2v) is 7.83. The Morgan fingerprint density at radius 2 is 1.24 bits per heavy atom. The summed E-state index contributed by atoms with van der Waals surface area (Å²) in [5.41, 5.74) is 3.38. The van der Waals surface area contributed by atoms with Gasteiger partial charge >= 0.3 is 128 Å². The van der Waals surface area contributed by atoms with Crippen LogP contribution in [-0.2, 0) is 19.2 Å². The van der Waals surface area contributed by atoms with E-state index >= 15 is 0 Å².